The zero-order valence-electron chi connectivity index (χ0n) is 11.2. The summed E-state index contributed by atoms with van der Waals surface area (Å²) in [5.74, 6) is 0.833. The molecule has 0 spiro atoms. The lowest BCUT2D eigenvalue weighted by molar-refractivity contribution is -0.122. The Labute approximate surface area is 116 Å². The summed E-state index contributed by atoms with van der Waals surface area (Å²) < 4.78 is 4.94. The van der Waals surface area contributed by atoms with Crippen LogP contribution in [0.2, 0.25) is 0 Å². The van der Waals surface area contributed by atoms with Crippen LogP contribution in [0.15, 0.2) is 34.9 Å². The molecule has 1 heterocycles. The van der Waals surface area contributed by atoms with Crippen LogP contribution in [0, 0.1) is 6.92 Å². The van der Waals surface area contributed by atoms with Gasteiger partial charge in [0.15, 0.2) is 5.82 Å². The van der Waals surface area contributed by atoms with E-state index in [1.54, 1.807) is 6.92 Å². The van der Waals surface area contributed by atoms with Gasteiger partial charge in [0, 0.05) is 12.8 Å². The number of aliphatic hydroxyl groups is 1. The van der Waals surface area contributed by atoms with Gasteiger partial charge >= 0.3 is 0 Å². The highest BCUT2D eigenvalue weighted by molar-refractivity contribution is 5.76. The molecular weight excluding hydrogens is 258 g/mol. The van der Waals surface area contributed by atoms with E-state index in [0.717, 1.165) is 5.56 Å². The summed E-state index contributed by atoms with van der Waals surface area (Å²) in [5.41, 5.74) is 0.872. The average Bonchev–Trinajstić information content (AvgIpc) is 2.89. The number of carbonyl (C=O) groups excluding carboxylic acids is 1. The number of aromatic nitrogens is 2. The molecule has 1 unspecified atom stereocenters. The van der Waals surface area contributed by atoms with E-state index in [-0.39, 0.29) is 18.9 Å². The molecule has 106 valence electrons. The minimum atomic E-state index is -0.395. The molecule has 6 heteroatoms. The Hall–Kier alpha value is -2.21. The van der Waals surface area contributed by atoms with Crippen molar-refractivity contribution in [3.05, 3.63) is 47.6 Å². The quantitative estimate of drug-likeness (QED) is 0.826. The summed E-state index contributed by atoms with van der Waals surface area (Å²) in [5, 5.41) is 15.8. The Morgan fingerprint density at radius 3 is 2.75 bits per heavy atom. The number of nitrogens with zero attached hydrogens (tertiary/aromatic N) is 2. The monoisotopic (exact) mass is 275 g/mol. The van der Waals surface area contributed by atoms with E-state index in [1.165, 1.54) is 0 Å². The average molecular weight is 275 g/mol. The van der Waals surface area contributed by atoms with Gasteiger partial charge in [-0.05, 0) is 12.5 Å². The summed E-state index contributed by atoms with van der Waals surface area (Å²) in [6, 6.07) is 8.95. The van der Waals surface area contributed by atoms with Gasteiger partial charge in [0.25, 0.3) is 0 Å². The Kier molecular flexibility index (Phi) is 4.84. The fourth-order valence-corrected chi connectivity index (χ4v) is 1.85. The summed E-state index contributed by atoms with van der Waals surface area (Å²) >= 11 is 0. The van der Waals surface area contributed by atoms with Gasteiger partial charge in [0.1, 0.15) is 0 Å². The smallest absolute Gasteiger partial charge is 0.227 e. The van der Waals surface area contributed by atoms with Crippen molar-refractivity contribution >= 4 is 5.91 Å². The lowest BCUT2D eigenvalue weighted by Crippen LogP contribution is -2.30. The molecule has 6 nitrogen and oxygen atoms in total. The maximum Gasteiger partial charge on any atom is 0.227 e. The van der Waals surface area contributed by atoms with Crippen molar-refractivity contribution in [2.45, 2.75) is 25.8 Å². The predicted molar refractivity (Wildman–Crippen MR) is 71.8 cm³/mol. The van der Waals surface area contributed by atoms with Crippen LogP contribution >= 0.6 is 0 Å². The number of aryl methyl sites for hydroxylation is 2. The first-order chi connectivity index (χ1) is 9.69. The molecule has 20 heavy (non-hydrogen) atoms. The second-order valence-corrected chi connectivity index (χ2v) is 4.45. The maximum absolute atomic E-state index is 11.9. The third-order valence-electron chi connectivity index (χ3n) is 2.86. The Morgan fingerprint density at radius 1 is 1.40 bits per heavy atom. The number of nitrogens with one attached hydrogen (secondary N) is 1. The van der Waals surface area contributed by atoms with E-state index in [2.05, 4.69) is 15.5 Å². The van der Waals surface area contributed by atoms with Crippen molar-refractivity contribution in [1.82, 2.24) is 15.5 Å². The number of benzene rings is 1. The van der Waals surface area contributed by atoms with Crippen molar-refractivity contribution in [2.24, 2.45) is 0 Å². The minimum absolute atomic E-state index is 0.143. The predicted octanol–water partition coefficient (Wildman–Crippen LogP) is 1.16. The highest BCUT2D eigenvalue weighted by atomic mass is 16.5. The molecule has 2 rings (SSSR count). The molecule has 1 amide bonds. The molecular formula is C14H17N3O3. The third kappa shape index (κ3) is 3.89. The van der Waals surface area contributed by atoms with Gasteiger partial charge in [-0.15, -0.1) is 0 Å². The molecule has 0 aliphatic carbocycles. The molecule has 0 fully saturated rings. The van der Waals surface area contributed by atoms with E-state index in [0.29, 0.717) is 18.1 Å². The fourth-order valence-electron chi connectivity index (χ4n) is 1.85. The Morgan fingerprint density at radius 2 is 2.15 bits per heavy atom. The molecule has 1 atom stereocenters. The number of hydrogen-bond donors (Lipinski definition) is 2. The number of carbonyl (C=O) groups is 1. The third-order valence-corrected chi connectivity index (χ3v) is 2.86. The summed E-state index contributed by atoms with van der Waals surface area (Å²) in [6.07, 6.45) is 0.630. The lowest BCUT2D eigenvalue weighted by Gasteiger charge is -2.16. The normalized spacial score (nSPS) is 12.1. The number of aliphatic hydroxyl groups excluding tert-OH is 1. The second-order valence-electron chi connectivity index (χ2n) is 4.45. The standard InChI is InChI=1S/C14H17N3O3/c1-10-15-14(20-17-10)8-7-13(19)16-12(9-18)11-5-3-2-4-6-11/h2-6,12,18H,7-9H2,1H3,(H,16,19). The highest BCUT2D eigenvalue weighted by Gasteiger charge is 2.14. The van der Waals surface area contributed by atoms with Gasteiger partial charge in [-0.25, -0.2) is 0 Å². The summed E-state index contributed by atoms with van der Waals surface area (Å²) in [6.45, 7) is 1.58. The molecule has 2 aromatic rings. The maximum atomic E-state index is 11.9. The van der Waals surface area contributed by atoms with Crippen LogP contribution in [0.1, 0.15) is 29.7 Å². The van der Waals surface area contributed by atoms with Gasteiger partial charge in [0.2, 0.25) is 11.8 Å². The molecule has 0 radical (unpaired) electrons. The van der Waals surface area contributed by atoms with Crippen LogP contribution < -0.4 is 5.32 Å². The van der Waals surface area contributed by atoms with E-state index in [1.807, 2.05) is 30.3 Å². The van der Waals surface area contributed by atoms with Crippen molar-refractivity contribution in [3.8, 4) is 0 Å². The van der Waals surface area contributed by atoms with Gasteiger partial charge in [-0.3, -0.25) is 4.79 Å². The largest absolute Gasteiger partial charge is 0.394 e. The van der Waals surface area contributed by atoms with E-state index in [9.17, 15) is 9.90 Å². The van der Waals surface area contributed by atoms with Crippen molar-refractivity contribution in [1.29, 1.82) is 0 Å². The van der Waals surface area contributed by atoms with Crippen LogP contribution in [-0.2, 0) is 11.2 Å². The molecule has 0 saturated heterocycles. The zero-order chi connectivity index (χ0) is 14.4. The zero-order valence-corrected chi connectivity index (χ0v) is 11.2. The molecule has 0 aliphatic rings. The Bertz CT molecular complexity index is 554. The van der Waals surface area contributed by atoms with Crippen LogP contribution in [0.25, 0.3) is 0 Å². The van der Waals surface area contributed by atoms with E-state index in [4.69, 9.17) is 4.52 Å². The summed E-state index contributed by atoms with van der Waals surface area (Å²) in [7, 11) is 0. The first kappa shape index (κ1) is 14.2. The SMILES string of the molecule is Cc1noc(CCC(=O)NC(CO)c2ccccc2)n1. The number of amides is 1. The molecule has 0 bridgehead atoms. The Balaban J connectivity index is 1.86. The highest BCUT2D eigenvalue weighted by Crippen LogP contribution is 2.12. The van der Waals surface area contributed by atoms with Crippen LogP contribution in [0.5, 0.6) is 0 Å². The second kappa shape index (κ2) is 6.81. The van der Waals surface area contributed by atoms with Crippen LogP contribution in [-0.4, -0.2) is 27.8 Å². The van der Waals surface area contributed by atoms with Gasteiger partial charge in [-0.1, -0.05) is 35.5 Å². The number of hydrogen-bond acceptors (Lipinski definition) is 5. The molecule has 0 saturated carbocycles. The van der Waals surface area contributed by atoms with Crippen LogP contribution in [0.4, 0.5) is 0 Å². The van der Waals surface area contributed by atoms with Gasteiger partial charge < -0.3 is 14.9 Å². The topological polar surface area (TPSA) is 88.2 Å². The lowest BCUT2D eigenvalue weighted by atomic mass is 10.1. The fraction of sp³-hybridized carbons (Fsp3) is 0.357. The van der Waals surface area contributed by atoms with Gasteiger partial charge in [0.05, 0.1) is 12.6 Å². The number of rotatable bonds is 6. The van der Waals surface area contributed by atoms with Crippen LogP contribution in [0.3, 0.4) is 0 Å². The van der Waals surface area contributed by atoms with E-state index >= 15 is 0 Å². The molecule has 2 N–H and O–H groups in total. The molecule has 1 aromatic heterocycles. The first-order valence-corrected chi connectivity index (χ1v) is 6.43. The van der Waals surface area contributed by atoms with Crippen molar-refractivity contribution < 1.29 is 14.4 Å². The van der Waals surface area contributed by atoms with E-state index < -0.39 is 6.04 Å². The first-order valence-electron chi connectivity index (χ1n) is 6.43. The van der Waals surface area contributed by atoms with Gasteiger partial charge in [-0.2, -0.15) is 4.98 Å². The van der Waals surface area contributed by atoms with Crippen molar-refractivity contribution in [3.63, 3.8) is 0 Å². The van der Waals surface area contributed by atoms with Crippen molar-refractivity contribution in [2.75, 3.05) is 6.61 Å². The molecule has 1 aromatic carbocycles. The molecule has 0 aliphatic heterocycles. The summed E-state index contributed by atoms with van der Waals surface area (Å²) in [4.78, 5) is 15.9. The minimum Gasteiger partial charge on any atom is -0.394 e.